The van der Waals surface area contributed by atoms with E-state index in [4.69, 9.17) is 0 Å². The summed E-state index contributed by atoms with van der Waals surface area (Å²) in [7, 11) is -2.99. The van der Waals surface area contributed by atoms with Crippen molar-refractivity contribution >= 4 is 27.1 Å². The van der Waals surface area contributed by atoms with Gasteiger partial charge in [0.05, 0.1) is 18.1 Å². The van der Waals surface area contributed by atoms with Gasteiger partial charge in [-0.25, -0.2) is 13.4 Å². The topological polar surface area (TPSA) is 88.2 Å². The number of nitrogens with one attached hydrogen (secondary N) is 2. The van der Waals surface area contributed by atoms with Crippen molar-refractivity contribution in [3.8, 4) is 0 Å². The molecule has 1 unspecified atom stereocenters. The minimum Gasteiger partial charge on any atom is -0.350 e. The van der Waals surface area contributed by atoms with Gasteiger partial charge in [-0.05, 0) is 6.92 Å². The molecule has 1 aliphatic rings. The highest BCUT2D eigenvalue weighted by Gasteiger charge is 2.25. The highest BCUT2D eigenvalue weighted by atomic mass is 32.2. The maximum Gasteiger partial charge on any atom is 0.221 e. The van der Waals surface area contributed by atoms with Crippen LogP contribution in [0.5, 0.6) is 0 Å². The van der Waals surface area contributed by atoms with Gasteiger partial charge in [0.2, 0.25) is 5.91 Å². The van der Waals surface area contributed by atoms with Gasteiger partial charge in [-0.15, -0.1) is 11.3 Å². The molecule has 19 heavy (non-hydrogen) atoms. The van der Waals surface area contributed by atoms with Crippen LogP contribution in [0.3, 0.4) is 0 Å². The second-order valence-electron chi connectivity index (χ2n) is 4.61. The third-order valence-corrected chi connectivity index (χ3v) is 5.49. The number of thiazole rings is 1. The molecule has 6 nitrogen and oxygen atoms in total. The van der Waals surface area contributed by atoms with Gasteiger partial charge < -0.3 is 10.6 Å². The van der Waals surface area contributed by atoms with Gasteiger partial charge in [-0.3, -0.25) is 4.79 Å². The minimum absolute atomic E-state index is 0.0385. The van der Waals surface area contributed by atoms with Crippen LogP contribution in [0, 0.1) is 6.92 Å². The molecule has 1 aromatic heterocycles. The van der Waals surface area contributed by atoms with Crippen LogP contribution in [0.1, 0.15) is 16.3 Å². The molecule has 1 aliphatic heterocycles. The quantitative estimate of drug-likeness (QED) is 0.807. The van der Waals surface area contributed by atoms with Gasteiger partial charge in [0, 0.05) is 30.1 Å². The lowest BCUT2D eigenvalue weighted by molar-refractivity contribution is -0.121. The Hall–Kier alpha value is -0.990. The van der Waals surface area contributed by atoms with Crippen LogP contribution in [0.25, 0.3) is 0 Å². The second-order valence-corrected chi connectivity index (χ2v) is 8.16. The molecule has 2 rings (SSSR count). The van der Waals surface area contributed by atoms with E-state index in [1.54, 1.807) is 6.20 Å². The summed E-state index contributed by atoms with van der Waals surface area (Å²) in [6.07, 6.45) is 1.95. The second kappa shape index (κ2) is 5.98. The third kappa shape index (κ3) is 4.55. The van der Waals surface area contributed by atoms with E-state index in [1.807, 2.05) is 6.92 Å². The molecule has 1 amide bonds. The first-order valence-electron chi connectivity index (χ1n) is 6.06. The Balaban J connectivity index is 1.78. The van der Waals surface area contributed by atoms with Crippen molar-refractivity contribution in [2.45, 2.75) is 25.9 Å². The SMILES string of the molecule is Cc1cnc(CNC(=O)CC2CS(=O)(=O)CCN2)s1. The highest BCUT2D eigenvalue weighted by Crippen LogP contribution is 2.11. The van der Waals surface area contributed by atoms with Crippen molar-refractivity contribution in [1.82, 2.24) is 15.6 Å². The lowest BCUT2D eigenvalue weighted by atomic mass is 10.2. The normalized spacial score (nSPS) is 22.1. The van der Waals surface area contributed by atoms with Gasteiger partial charge in [0.25, 0.3) is 0 Å². The predicted octanol–water partition coefficient (Wildman–Crippen LogP) is -0.156. The van der Waals surface area contributed by atoms with Gasteiger partial charge in [-0.2, -0.15) is 0 Å². The summed E-state index contributed by atoms with van der Waals surface area (Å²) >= 11 is 1.54. The molecule has 0 radical (unpaired) electrons. The van der Waals surface area contributed by atoms with E-state index in [0.717, 1.165) is 9.88 Å². The Morgan fingerprint density at radius 2 is 2.42 bits per heavy atom. The first-order valence-corrected chi connectivity index (χ1v) is 8.70. The molecule has 0 bridgehead atoms. The number of aryl methyl sites for hydroxylation is 1. The van der Waals surface area contributed by atoms with Gasteiger partial charge in [0.1, 0.15) is 5.01 Å². The van der Waals surface area contributed by atoms with Gasteiger partial charge >= 0.3 is 0 Å². The number of hydrogen-bond acceptors (Lipinski definition) is 6. The molecular formula is C11H17N3O3S2. The zero-order valence-corrected chi connectivity index (χ0v) is 12.3. The molecule has 2 N–H and O–H groups in total. The Morgan fingerprint density at radius 1 is 1.63 bits per heavy atom. The number of nitrogens with zero attached hydrogens (tertiary/aromatic N) is 1. The smallest absolute Gasteiger partial charge is 0.221 e. The molecule has 106 valence electrons. The molecule has 1 fully saturated rings. The fourth-order valence-corrected chi connectivity index (χ4v) is 4.12. The summed E-state index contributed by atoms with van der Waals surface area (Å²) in [4.78, 5) is 17.0. The van der Waals surface area contributed by atoms with E-state index in [9.17, 15) is 13.2 Å². The number of carbonyl (C=O) groups is 1. The molecule has 0 aromatic carbocycles. The zero-order valence-electron chi connectivity index (χ0n) is 10.7. The van der Waals surface area contributed by atoms with Crippen LogP contribution >= 0.6 is 11.3 Å². The van der Waals surface area contributed by atoms with Crippen molar-refractivity contribution in [1.29, 1.82) is 0 Å². The predicted molar refractivity (Wildman–Crippen MR) is 73.8 cm³/mol. The summed E-state index contributed by atoms with van der Waals surface area (Å²) in [5, 5.41) is 6.67. The van der Waals surface area contributed by atoms with Crippen LogP contribution in [0.2, 0.25) is 0 Å². The summed E-state index contributed by atoms with van der Waals surface area (Å²) in [5.41, 5.74) is 0. The Labute approximate surface area is 116 Å². The maximum absolute atomic E-state index is 11.7. The average molecular weight is 303 g/mol. The summed E-state index contributed by atoms with van der Waals surface area (Å²) in [6, 6.07) is -0.281. The van der Waals surface area contributed by atoms with Crippen molar-refractivity contribution in [3.63, 3.8) is 0 Å². The molecule has 0 aliphatic carbocycles. The number of rotatable bonds is 4. The molecule has 1 saturated heterocycles. The van der Waals surface area contributed by atoms with Gasteiger partial charge in [-0.1, -0.05) is 0 Å². The molecule has 1 aromatic rings. The lowest BCUT2D eigenvalue weighted by Crippen LogP contribution is -2.47. The van der Waals surface area contributed by atoms with E-state index in [-0.39, 0.29) is 29.9 Å². The lowest BCUT2D eigenvalue weighted by Gasteiger charge is -2.22. The largest absolute Gasteiger partial charge is 0.350 e. The minimum atomic E-state index is -2.99. The fraction of sp³-hybridized carbons (Fsp3) is 0.636. The molecule has 2 heterocycles. The number of hydrogen-bond donors (Lipinski definition) is 2. The summed E-state index contributed by atoms with van der Waals surface area (Å²) < 4.78 is 22.9. The summed E-state index contributed by atoms with van der Waals surface area (Å²) in [6.45, 7) is 2.78. The van der Waals surface area contributed by atoms with E-state index >= 15 is 0 Å². The molecule has 8 heteroatoms. The molecule has 1 atom stereocenters. The fourth-order valence-electron chi connectivity index (χ4n) is 1.95. The Morgan fingerprint density at radius 3 is 3.05 bits per heavy atom. The number of carbonyl (C=O) groups excluding carboxylic acids is 1. The third-order valence-electron chi connectivity index (χ3n) is 2.84. The molecule has 0 spiro atoms. The standard InChI is InChI=1S/C11H17N3O3S2/c1-8-5-14-11(18-8)6-13-10(15)4-9-7-19(16,17)3-2-12-9/h5,9,12H,2-4,6-7H2,1H3,(H,13,15). The Bertz CT molecular complexity index is 553. The van der Waals surface area contributed by atoms with Crippen molar-refractivity contribution in [2.75, 3.05) is 18.1 Å². The van der Waals surface area contributed by atoms with Crippen molar-refractivity contribution in [3.05, 3.63) is 16.1 Å². The van der Waals surface area contributed by atoms with Crippen LogP contribution in [-0.4, -0.2) is 43.4 Å². The highest BCUT2D eigenvalue weighted by molar-refractivity contribution is 7.91. The maximum atomic E-state index is 11.7. The number of aromatic nitrogens is 1. The zero-order chi connectivity index (χ0) is 13.9. The molecular weight excluding hydrogens is 286 g/mol. The first kappa shape index (κ1) is 14.4. The molecule has 0 saturated carbocycles. The van der Waals surface area contributed by atoms with Crippen molar-refractivity contribution < 1.29 is 13.2 Å². The van der Waals surface area contributed by atoms with E-state index in [1.165, 1.54) is 11.3 Å². The van der Waals surface area contributed by atoms with Crippen LogP contribution in [0.15, 0.2) is 6.20 Å². The van der Waals surface area contributed by atoms with Crippen LogP contribution in [-0.2, 0) is 21.2 Å². The van der Waals surface area contributed by atoms with E-state index in [0.29, 0.717) is 13.1 Å². The van der Waals surface area contributed by atoms with Crippen molar-refractivity contribution in [2.24, 2.45) is 0 Å². The summed E-state index contributed by atoms with van der Waals surface area (Å²) in [5.74, 6) is 0.0442. The first-order chi connectivity index (χ1) is 8.94. The Kier molecular flexibility index (Phi) is 4.54. The van der Waals surface area contributed by atoms with E-state index < -0.39 is 9.84 Å². The van der Waals surface area contributed by atoms with Crippen LogP contribution < -0.4 is 10.6 Å². The van der Waals surface area contributed by atoms with Gasteiger partial charge in [0.15, 0.2) is 9.84 Å². The average Bonchev–Trinajstić information content (AvgIpc) is 2.71. The number of sulfone groups is 1. The number of amides is 1. The van der Waals surface area contributed by atoms with Crippen LogP contribution in [0.4, 0.5) is 0 Å². The monoisotopic (exact) mass is 303 g/mol. The van der Waals surface area contributed by atoms with E-state index in [2.05, 4.69) is 15.6 Å².